The van der Waals surface area contributed by atoms with Crippen LogP contribution in [-0.2, 0) is 4.79 Å². The number of carbonyl (C=O) groups is 2. The number of carboxylic acid groups (broad SMARTS) is 1. The van der Waals surface area contributed by atoms with Gasteiger partial charge in [0, 0.05) is 6.54 Å². The molecule has 2 aromatic carbocycles. The van der Waals surface area contributed by atoms with Crippen molar-refractivity contribution >= 4 is 11.9 Å². The van der Waals surface area contributed by atoms with Gasteiger partial charge < -0.3 is 10.4 Å². The van der Waals surface area contributed by atoms with Gasteiger partial charge in [-0.1, -0.05) is 42.5 Å². The topological polar surface area (TPSA) is 84.2 Å². The van der Waals surface area contributed by atoms with Crippen LogP contribution in [0.25, 0.3) is 5.69 Å². The van der Waals surface area contributed by atoms with Gasteiger partial charge in [0.25, 0.3) is 5.91 Å². The minimum Gasteiger partial charge on any atom is -0.481 e. The molecule has 27 heavy (non-hydrogen) atoms. The summed E-state index contributed by atoms with van der Waals surface area (Å²) in [6.07, 6.45) is 1.51. The molecule has 0 spiro atoms. The molecule has 0 radical (unpaired) electrons. The second-order valence-electron chi connectivity index (χ2n) is 6.41. The summed E-state index contributed by atoms with van der Waals surface area (Å²) < 4.78 is 1.70. The molecule has 6 heteroatoms. The van der Waals surface area contributed by atoms with E-state index in [1.165, 1.54) is 6.20 Å². The van der Waals surface area contributed by atoms with E-state index in [0.29, 0.717) is 16.8 Å². The summed E-state index contributed by atoms with van der Waals surface area (Å²) in [7, 11) is 0. The predicted molar refractivity (Wildman–Crippen MR) is 102 cm³/mol. The van der Waals surface area contributed by atoms with Crippen LogP contribution in [-0.4, -0.2) is 33.3 Å². The lowest BCUT2D eigenvalue weighted by Gasteiger charge is -2.14. The molecule has 1 atom stereocenters. The minimum absolute atomic E-state index is 0.00719. The highest BCUT2D eigenvalue weighted by atomic mass is 16.4. The van der Waals surface area contributed by atoms with E-state index in [-0.39, 0.29) is 12.5 Å². The number of benzene rings is 2. The number of hydrogen-bond donors (Lipinski definition) is 2. The quantitative estimate of drug-likeness (QED) is 0.705. The van der Waals surface area contributed by atoms with E-state index < -0.39 is 11.9 Å². The highest BCUT2D eigenvalue weighted by Gasteiger charge is 2.22. The Morgan fingerprint density at radius 2 is 1.85 bits per heavy atom. The number of rotatable bonds is 6. The monoisotopic (exact) mass is 363 g/mol. The molecular weight excluding hydrogens is 342 g/mol. The summed E-state index contributed by atoms with van der Waals surface area (Å²) in [4.78, 5) is 24.1. The SMILES string of the molecule is Cc1cccc(-n2ncc(C(=O)NCC(C(=O)O)c3ccccc3)c2C)c1. The summed E-state index contributed by atoms with van der Waals surface area (Å²) in [6, 6.07) is 16.7. The Morgan fingerprint density at radius 3 is 2.52 bits per heavy atom. The number of carboxylic acids is 1. The zero-order chi connectivity index (χ0) is 19.4. The standard InChI is InChI=1S/C21H21N3O3/c1-14-7-6-10-17(11-14)24-15(2)18(13-23-24)20(25)22-12-19(21(26)27)16-8-4-3-5-9-16/h3-11,13,19H,12H2,1-2H3,(H,22,25)(H,26,27). The van der Waals surface area contributed by atoms with Crippen LogP contribution >= 0.6 is 0 Å². The van der Waals surface area contributed by atoms with Crippen molar-refractivity contribution < 1.29 is 14.7 Å². The molecule has 1 aromatic heterocycles. The summed E-state index contributed by atoms with van der Waals surface area (Å²) in [5, 5.41) is 16.5. The molecule has 3 rings (SSSR count). The maximum atomic E-state index is 12.6. The van der Waals surface area contributed by atoms with Crippen LogP contribution in [0.5, 0.6) is 0 Å². The molecule has 1 amide bonds. The maximum Gasteiger partial charge on any atom is 0.312 e. The number of carbonyl (C=O) groups excluding carboxylic acids is 1. The van der Waals surface area contributed by atoms with Crippen molar-refractivity contribution in [2.75, 3.05) is 6.54 Å². The first-order chi connectivity index (χ1) is 13.0. The first kappa shape index (κ1) is 18.4. The fourth-order valence-electron chi connectivity index (χ4n) is 2.98. The lowest BCUT2D eigenvalue weighted by Crippen LogP contribution is -2.32. The first-order valence-corrected chi connectivity index (χ1v) is 8.65. The van der Waals surface area contributed by atoms with E-state index in [9.17, 15) is 14.7 Å². The Kier molecular flexibility index (Phi) is 5.35. The molecule has 0 aliphatic heterocycles. The molecule has 1 heterocycles. The largest absolute Gasteiger partial charge is 0.481 e. The molecule has 6 nitrogen and oxygen atoms in total. The van der Waals surface area contributed by atoms with E-state index in [1.54, 1.807) is 28.9 Å². The molecule has 2 N–H and O–H groups in total. The Labute approximate surface area is 157 Å². The smallest absolute Gasteiger partial charge is 0.312 e. The van der Waals surface area contributed by atoms with Gasteiger partial charge >= 0.3 is 5.97 Å². The van der Waals surface area contributed by atoms with Gasteiger partial charge in [-0.2, -0.15) is 5.10 Å². The molecule has 0 aliphatic rings. The number of hydrogen-bond acceptors (Lipinski definition) is 3. The Hall–Kier alpha value is -3.41. The molecular formula is C21H21N3O3. The predicted octanol–water partition coefficient (Wildman–Crippen LogP) is 3.09. The molecule has 0 bridgehead atoms. The van der Waals surface area contributed by atoms with Crippen LogP contribution in [0.4, 0.5) is 0 Å². The fraction of sp³-hybridized carbons (Fsp3) is 0.190. The number of nitrogens with zero attached hydrogens (tertiary/aromatic N) is 2. The van der Waals surface area contributed by atoms with Crippen molar-refractivity contribution in [2.24, 2.45) is 0 Å². The molecule has 0 fully saturated rings. The third-order valence-electron chi connectivity index (χ3n) is 4.47. The van der Waals surface area contributed by atoms with E-state index in [2.05, 4.69) is 10.4 Å². The summed E-state index contributed by atoms with van der Waals surface area (Å²) in [5.41, 5.74) is 3.75. The van der Waals surface area contributed by atoms with Crippen molar-refractivity contribution in [1.82, 2.24) is 15.1 Å². The highest BCUT2D eigenvalue weighted by molar-refractivity contribution is 5.95. The maximum absolute atomic E-state index is 12.6. The molecule has 138 valence electrons. The Bertz CT molecular complexity index is 964. The van der Waals surface area contributed by atoms with Gasteiger partial charge in [0.1, 0.15) is 0 Å². The van der Waals surface area contributed by atoms with Gasteiger partial charge in [-0.3, -0.25) is 9.59 Å². The zero-order valence-corrected chi connectivity index (χ0v) is 15.2. The minimum atomic E-state index is -0.978. The summed E-state index contributed by atoms with van der Waals surface area (Å²) >= 11 is 0. The van der Waals surface area contributed by atoms with Crippen LogP contribution < -0.4 is 5.32 Å². The van der Waals surface area contributed by atoms with E-state index in [4.69, 9.17) is 0 Å². The number of aliphatic carboxylic acids is 1. The normalized spacial score (nSPS) is 11.8. The lowest BCUT2D eigenvalue weighted by atomic mass is 9.99. The Balaban J connectivity index is 1.76. The van der Waals surface area contributed by atoms with E-state index >= 15 is 0 Å². The van der Waals surface area contributed by atoms with Gasteiger partial charge in [-0.15, -0.1) is 0 Å². The van der Waals surface area contributed by atoms with Gasteiger partial charge in [-0.25, -0.2) is 4.68 Å². The van der Waals surface area contributed by atoms with Crippen molar-refractivity contribution in [3.8, 4) is 5.69 Å². The molecule has 0 saturated carbocycles. The van der Waals surface area contributed by atoms with Crippen LogP contribution in [0.2, 0.25) is 0 Å². The van der Waals surface area contributed by atoms with Crippen molar-refractivity contribution in [2.45, 2.75) is 19.8 Å². The fourth-order valence-corrected chi connectivity index (χ4v) is 2.98. The number of aryl methyl sites for hydroxylation is 1. The molecule has 1 unspecified atom stereocenters. The number of amides is 1. The second kappa shape index (κ2) is 7.86. The Morgan fingerprint density at radius 1 is 1.11 bits per heavy atom. The van der Waals surface area contributed by atoms with Crippen molar-refractivity contribution in [3.63, 3.8) is 0 Å². The van der Waals surface area contributed by atoms with Crippen LogP contribution in [0, 0.1) is 13.8 Å². The van der Waals surface area contributed by atoms with Crippen LogP contribution in [0.15, 0.2) is 60.8 Å². The summed E-state index contributed by atoms with van der Waals surface area (Å²) in [6.45, 7) is 3.81. The third-order valence-corrected chi connectivity index (χ3v) is 4.47. The number of aromatic nitrogens is 2. The van der Waals surface area contributed by atoms with E-state index in [1.807, 2.05) is 44.2 Å². The zero-order valence-electron chi connectivity index (χ0n) is 15.2. The van der Waals surface area contributed by atoms with Gasteiger partial charge in [-0.05, 0) is 37.1 Å². The average molecular weight is 363 g/mol. The van der Waals surface area contributed by atoms with Crippen LogP contribution in [0.3, 0.4) is 0 Å². The van der Waals surface area contributed by atoms with Crippen molar-refractivity contribution in [3.05, 3.63) is 83.2 Å². The van der Waals surface area contributed by atoms with Gasteiger partial charge in [0.05, 0.1) is 29.1 Å². The van der Waals surface area contributed by atoms with E-state index in [0.717, 1.165) is 11.3 Å². The van der Waals surface area contributed by atoms with Gasteiger partial charge in [0.2, 0.25) is 0 Å². The van der Waals surface area contributed by atoms with Crippen molar-refractivity contribution in [1.29, 1.82) is 0 Å². The lowest BCUT2D eigenvalue weighted by molar-refractivity contribution is -0.138. The molecule has 3 aromatic rings. The molecule has 0 saturated heterocycles. The first-order valence-electron chi connectivity index (χ1n) is 8.65. The highest BCUT2D eigenvalue weighted by Crippen LogP contribution is 2.17. The summed E-state index contributed by atoms with van der Waals surface area (Å²) in [5.74, 6) is -2.12. The second-order valence-corrected chi connectivity index (χ2v) is 6.41. The van der Waals surface area contributed by atoms with Crippen LogP contribution in [0.1, 0.15) is 33.1 Å². The third kappa shape index (κ3) is 4.06. The number of nitrogens with one attached hydrogen (secondary N) is 1. The molecule has 0 aliphatic carbocycles. The average Bonchev–Trinajstić information content (AvgIpc) is 3.04. The van der Waals surface area contributed by atoms with Gasteiger partial charge in [0.15, 0.2) is 0 Å².